The van der Waals surface area contributed by atoms with Gasteiger partial charge < -0.3 is 9.80 Å². The summed E-state index contributed by atoms with van der Waals surface area (Å²) in [6, 6.07) is 2.07. The van der Waals surface area contributed by atoms with Crippen LogP contribution < -0.4 is 10.2 Å². The second-order valence-corrected chi connectivity index (χ2v) is 4.88. The van der Waals surface area contributed by atoms with E-state index in [-0.39, 0.29) is 6.17 Å². The first-order valence-corrected chi connectivity index (χ1v) is 6.38. The van der Waals surface area contributed by atoms with Gasteiger partial charge in [0.1, 0.15) is 6.17 Å². The van der Waals surface area contributed by atoms with Gasteiger partial charge >= 0.3 is 0 Å². The number of thiophene rings is 1. The second-order valence-electron chi connectivity index (χ2n) is 4.10. The van der Waals surface area contributed by atoms with Gasteiger partial charge in [0.25, 0.3) is 0 Å². The molecule has 1 aliphatic heterocycles. The molecule has 17 heavy (non-hydrogen) atoms. The first-order chi connectivity index (χ1) is 8.08. The van der Waals surface area contributed by atoms with E-state index in [1.807, 2.05) is 37.9 Å². The zero-order chi connectivity index (χ0) is 12.4. The third-order valence-electron chi connectivity index (χ3n) is 2.48. The fraction of sp³-hybridized carbons (Fsp3) is 0.455. The smallest absolute Gasteiger partial charge is 0.207 e. The van der Waals surface area contributed by atoms with Crippen LogP contribution in [0.4, 0.5) is 5.69 Å². The van der Waals surface area contributed by atoms with Crippen molar-refractivity contribution in [1.29, 1.82) is 0 Å². The molecular weight excluding hydrogens is 234 g/mol. The monoisotopic (exact) mass is 251 g/mol. The second kappa shape index (κ2) is 4.75. The Morgan fingerprint density at radius 1 is 1.24 bits per heavy atom. The van der Waals surface area contributed by atoms with Crippen molar-refractivity contribution in [3.05, 3.63) is 16.8 Å². The Bertz CT molecular complexity index is 435. The number of nitrogens with zero attached hydrogens (tertiary/aromatic N) is 4. The molecule has 1 atom stereocenters. The zero-order valence-electron chi connectivity index (χ0n) is 10.5. The van der Waals surface area contributed by atoms with Gasteiger partial charge in [0, 0.05) is 26.5 Å². The number of hydrogen-bond acceptors (Lipinski definition) is 6. The van der Waals surface area contributed by atoms with Crippen LogP contribution in [0.1, 0.15) is 6.92 Å². The van der Waals surface area contributed by atoms with Gasteiger partial charge in [-0.3, -0.25) is 5.32 Å². The number of rotatable bonds is 1. The van der Waals surface area contributed by atoms with Crippen LogP contribution >= 0.6 is 11.3 Å². The first kappa shape index (κ1) is 11.9. The van der Waals surface area contributed by atoms with Gasteiger partial charge in [0.2, 0.25) is 11.9 Å². The van der Waals surface area contributed by atoms with E-state index in [9.17, 15) is 0 Å². The maximum atomic E-state index is 4.49. The van der Waals surface area contributed by atoms with Gasteiger partial charge in [0.15, 0.2) is 0 Å². The van der Waals surface area contributed by atoms with Crippen molar-refractivity contribution in [3.63, 3.8) is 0 Å². The minimum Gasteiger partial charge on any atom is -0.349 e. The lowest BCUT2D eigenvalue weighted by Crippen LogP contribution is -2.50. The number of anilines is 1. The van der Waals surface area contributed by atoms with Crippen LogP contribution in [0, 0.1) is 0 Å². The third-order valence-corrected chi connectivity index (χ3v) is 3.15. The topological polar surface area (TPSA) is 43.2 Å². The standard InChI is InChI=1S/C11H17N5S/c1-8-12-10(15(2)3)14-11(13-8)16(4)9-5-6-17-7-9/h5-8H,1-4H3,(H,12,13,14). The Hall–Kier alpha value is -1.56. The summed E-state index contributed by atoms with van der Waals surface area (Å²) in [5, 5.41) is 7.38. The van der Waals surface area contributed by atoms with Crippen LogP contribution in [0.25, 0.3) is 0 Å². The van der Waals surface area contributed by atoms with Crippen molar-refractivity contribution < 1.29 is 0 Å². The number of aliphatic imine (C=N–C) groups is 2. The van der Waals surface area contributed by atoms with E-state index < -0.39 is 0 Å². The molecule has 0 aromatic carbocycles. The first-order valence-electron chi connectivity index (χ1n) is 5.44. The molecule has 0 bridgehead atoms. The highest BCUT2D eigenvalue weighted by atomic mass is 32.1. The summed E-state index contributed by atoms with van der Waals surface area (Å²) < 4.78 is 0. The third kappa shape index (κ3) is 2.58. The SMILES string of the molecule is CC1N=C(N(C)C)NC(N(C)c2ccsc2)=N1. The van der Waals surface area contributed by atoms with E-state index in [4.69, 9.17) is 0 Å². The molecule has 2 heterocycles. The molecule has 1 aromatic rings. The summed E-state index contributed by atoms with van der Waals surface area (Å²) in [5.74, 6) is 1.67. The van der Waals surface area contributed by atoms with Crippen LogP contribution in [0.15, 0.2) is 26.8 Å². The lowest BCUT2D eigenvalue weighted by molar-refractivity contribution is 0.581. The molecule has 1 aromatic heterocycles. The van der Waals surface area contributed by atoms with Crippen molar-refractivity contribution in [1.82, 2.24) is 10.2 Å². The largest absolute Gasteiger partial charge is 0.349 e. The van der Waals surface area contributed by atoms with E-state index in [0.29, 0.717) is 0 Å². The summed E-state index contributed by atoms with van der Waals surface area (Å²) in [6.07, 6.45) is -0.0512. The number of hydrogen-bond donors (Lipinski definition) is 1. The molecule has 5 nitrogen and oxygen atoms in total. The fourth-order valence-electron chi connectivity index (χ4n) is 1.52. The molecule has 1 N–H and O–H groups in total. The minimum atomic E-state index is -0.0512. The van der Waals surface area contributed by atoms with Gasteiger partial charge in [-0.1, -0.05) is 0 Å². The lowest BCUT2D eigenvalue weighted by Gasteiger charge is -2.28. The van der Waals surface area contributed by atoms with E-state index in [2.05, 4.69) is 32.1 Å². The molecule has 0 spiro atoms. The van der Waals surface area contributed by atoms with Crippen LogP contribution in [0.5, 0.6) is 0 Å². The number of nitrogens with one attached hydrogen (secondary N) is 1. The molecule has 0 fully saturated rings. The van der Waals surface area contributed by atoms with Gasteiger partial charge in [-0.25, -0.2) is 9.98 Å². The summed E-state index contributed by atoms with van der Waals surface area (Å²) in [4.78, 5) is 12.9. The maximum Gasteiger partial charge on any atom is 0.207 e. The van der Waals surface area contributed by atoms with E-state index >= 15 is 0 Å². The van der Waals surface area contributed by atoms with Crippen molar-refractivity contribution in [2.75, 3.05) is 26.0 Å². The van der Waals surface area contributed by atoms with Gasteiger partial charge in [-0.05, 0) is 18.4 Å². The molecule has 1 unspecified atom stereocenters. The molecule has 0 saturated heterocycles. The molecule has 0 aliphatic carbocycles. The summed E-state index contributed by atoms with van der Waals surface area (Å²) >= 11 is 1.67. The highest BCUT2D eigenvalue weighted by Gasteiger charge is 2.18. The fourth-order valence-corrected chi connectivity index (χ4v) is 2.19. The van der Waals surface area contributed by atoms with Crippen molar-refractivity contribution in [2.24, 2.45) is 9.98 Å². The predicted molar refractivity (Wildman–Crippen MR) is 73.9 cm³/mol. The highest BCUT2D eigenvalue weighted by Crippen LogP contribution is 2.17. The quantitative estimate of drug-likeness (QED) is 0.820. The molecule has 1 aliphatic rings. The van der Waals surface area contributed by atoms with Crippen LogP contribution in [-0.4, -0.2) is 44.1 Å². The minimum absolute atomic E-state index is 0.0512. The average molecular weight is 251 g/mol. The average Bonchev–Trinajstić information content (AvgIpc) is 2.80. The number of guanidine groups is 2. The van der Waals surface area contributed by atoms with Crippen LogP contribution in [0.2, 0.25) is 0 Å². The Morgan fingerprint density at radius 2 is 1.94 bits per heavy atom. The zero-order valence-corrected chi connectivity index (χ0v) is 11.3. The van der Waals surface area contributed by atoms with Gasteiger partial charge in [-0.2, -0.15) is 11.3 Å². The molecule has 92 valence electrons. The predicted octanol–water partition coefficient (Wildman–Crippen LogP) is 1.41. The van der Waals surface area contributed by atoms with Gasteiger partial charge in [0.05, 0.1) is 5.69 Å². The molecule has 2 rings (SSSR count). The molecule has 0 saturated carbocycles. The summed E-state index contributed by atoms with van der Waals surface area (Å²) in [5.41, 5.74) is 1.13. The molecular formula is C11H17N5S. The van der Waals surface area contributed by atoms with E-state index in [0.717, 1.165) is 17.6 Å². The Morgan fingerprint density at radius 3 is 2.53 bits per heavy atom. The molecule has 6 heteroatoms. The Balaban J connectivity index is 2.18. The normalized spacial score (nSPS) is 19.2. The van der Waals surface area contributed by atoms with Crippen LogP contribution in [0.3, 0.4) is 0 Å². The lowest BCUT2D eigenvalue weighted by atomic mass is 10.4. The summed E-state index contributed by atoms with van der Waals surface area (Å²) in [7, 11) is 5.93. The summed E-state index contributed by atoms with van der Waals surface area (Å²) in [6.45, 7) is 1.98. The van der Waals surface area contributed by atoms with Crippen molar-refractivity contribution >= 4 is 28.9 Å². The highest BCUT2D eigenvalue weighted by molar-refractivity contribution is 7.08. The Kier molecular flexibility index (Phi) is 3.33. The van der Waals surface area contributed by atoms with Crippen LogP contribution in [-0.2, 0) is 0 Å². The van der Waals surface area contributed by atoms with E-state index in [1.165, 1.54) is 0 Å². The maximum absolute atomic E-state index is 4.49. The molecule has 0 amide bonds. The van der Waals surface area contributed by atoms with Gasteiger partial charge in [-0.15, -0.1) is 0 Å². The molecule has 0 radical (unpaired) electrons. The Labute approximate surface area is 105 Å². The van der Waals surface area contributed by atoms with Crippen molar-refractivity contribution in [2.45, 2.75) is 13.1 Å². The van der Waals surface area contributed by atoms with Crippen molar-refractivity contribution in [3.8, 4) is 0 Å². The van der Waals surface area contributed by atoms with E-state index in [1.54, 1.807) is 11.3 Å².